The van der Waals surface area contributed by atoms with Gasteiger partial charge in [0.1, 0.15) is 0 Å². The molecule has 0 aromatic carbocycles. The summed E-state index contributed by atoms with van der Waals surface area (Å²) < 4.78 is 35.7. The van der Waals surface area contributed by atoms with Crippen molar-refractivity contribution in [3.63, 3.8) is 0 Å². The van der Waals surface area contributed by atoms with E-state index in [1.807, 2.05) is 0 Å². The van der Waals surface area contributed by atoms with Crippen molar-refractivity contribution in [3.05, 3.63) is 12.7 Å². The molecule has 2 rings (SSSR count). The van der Waals surface area contributed by atoms with Gasteiger partial charge in [0, 0.05) is 0 Å². The van der Waals surface area contributed by atoms with Crippen molar-refractivity contribution in [1.29, 1.82) is 0 Å². The maximum atomic E-state index is 11.6. The lowest BCUT2D eigenvalue weighted by atomic mass is 10.2. The molecule has 90 valence electrons. The fourth-order valence-electron chi connectivity index (χ4n) is 1.31. The Kier molecular flexibility index (Phi) is 3.30. The summed E-state index contributed by atoms with van der Waals surface area (Å²) in [6.45, 7) is 3.81. The first-order valence-electron chi connectivity index (χ1n) is 4.66. The van der Waals surface area contributed by atoms with Gasteiger partial charge in [0.2, 0.25) is 0 Å². The maximum Gasteiger partial charge on any atom is 0.509 e. The first-order chi connectivity index (χ1) is 7.63. The Labute approximate surface area is 91.9 Å². The molecule has 0 bridgehead atoms. The van der Waals surface area contributed by atoms with Crippen molar-refractivity contribution in [2.45, 2.75) is 12.2 Å². The van der Waals surface area contributed by atoms with Crippen molar-refractivity contribution in [1.82, 2.24) is 0 Å². The number of cyclic esters (lactones) is 2. The number of carbonyl (C=O) groups is 1. The van der Waals surface area contributed by atoms with E-state index in [0.29, 0.717) is 0 Å². The first kappa shape index (κ1) is 11.6. The van der Waals surface area contributed by atoms with Crippen molar-refractivity contribution in [2.75, 3.05) is 19.8 Å². The number of phosphoric acid groups is 1. The van der Waals surface area contributed by atoms with Gasteiger partial charge in [-0.15, -0.1) is 0 Å². The Balaban J connectivity index is 1.87. The maximum absolute atomic E-state index is 11.6. The van der Waals surface area contributed by atoms with Crippen LogP contribution in [0.2, 0.25) is 0 Å². The fourth-order valence-corrected chi connectivity index (χ4v) is 2.46. The molecule has 0 saturated carbocycles. The molecule has 2 aliphatic heterocycles. The zero-order valence-electron chi connectivity index (χ0n) is 8.37. The van der Waals surface area contributed by atoms with E-state index in [-0.39, 0.29) is 19.8 Å². The second kappa shape index (κ2) is 4.55. The summed E-state index contributed by atoms with van der Waals surface area (Å²) in [7, 11) is -3.46. The van der Waals surface area contributed by atoms with Crippen LogP contribution in [0.4, 0.5) is 4.79 Å². The Morgan fingerprint density at radius 2 is 2.12 bits per heavy atom. The van der Waals surface area contributed by atoms with Crippen molar-refractivity contribution in [3.8, 4) is 0 Å². The molecule has 7 nitrogen and oxygen atoms in total. The third-order valence-corrected chi connectivity index (χ3v) is 3.52. The summed E-state index contributed by atoms with van der Waals surface area (Å²) >= 11 is 0. The number of carbonyl (C=O) groups excluding carboxylic acids is 1. The fraction of sp³-hybridized carbons (Fsp3) is 0.625. The Hall–Kier alpha value is -0.880. The SMILES string of the molecule is C=CC1OC(=O)OC1COP1(=O)OCCO1. The Morgan fingerprint density at radius 1 is 1.44 bits per heavy atom. The second-order valence-electron chi connectivity index (χ2n) is 3.13. The lowest BCUT2D eigenvalue weighted by Crippen LogP contribution is -2.25. The van der Waals surface area contributed by atoms with E-state index in [0.717, 1.165) is 0 Å². The van der Waals surface area contributed by atoms with Crippen LogP contribution < -0.4 is 0 Å². The van der Waals surface area contributed by atoms with E-state index in [4.69, 9.17) is 23.0 Å². The predicted molar refractivity (Wildman–Crippen MR) is 50.8 cm³/mol. The highest BCUT2D eigenvalue weighted by Gasteiger charge is 2.39. The van der Waals surface area contributed by atoms with E-state index in [1.165, 1.54) is 6.08 Å². The van der Waals surface area contributed by atoms with Crippen molar-refractivity contribution < 1.29 is 32.4 Å². The summed E-state index contributed by atoms with van der Waals surface area (Å²) in [5.41, 5.74) is 0. The summed E-state index contributed by atoms with van der Waals surface area (Å²) in [5.74, 6) is 0. The van der Waals surface area contributed by atoms with E-state index in [1.54, 1.807) is 0 Å². The quantitative estimate of drug-likeness (QED) is 0.422. The molecule has 2 atom stereocenters. The van der Waals surface area contributed by atoms with Gasteiger partial charge in [0.25, 0.3) is 0 Å². The van der Waals surface area contributed by atoms with Crippen LogP contribution in [-0.2, 0) is 27.6 Å². The summed E-state index contributed by atoms with van der Waals surface area (Å²) in [4.78, 5) is 10.8. The van der Waals surface area contributed by atoms with E-state index in [9.17, 15) is 9.36 Å². The van der Waals surface area contributed by atoms with E-state index < -0.39 is 26.2 Å². The Bertz CT molecular complexity index is 331. The number of phosphoric ester groups is 1. The van der Waals surface area contributed by atoms with Crippen LogP contribution >= 0.6 is 7.82 Å². The van der Waals surface area contributed by atoms with Gasteiger partial charge in [-0.05, 0) is 6.08 Å². The van der Waals surface area contributed by atoms with E-state index in [2.05, 4.69) is 6.58 Å². The van der Waals surface area contributed by atoms with Crippen LogP contribution in [0.3, 0.4) is 0 Å². The van der Waals surface area contributed by atoms with Gasteiger partial charge < -0.3 is 9.47 Å². The van der Waals surface area contributed by atoms with Crippen LogP contribution in [0, 0.1) is 0 Å². The van der Waals surface area contributed by atoms with Gasteiger partial charge in [-0.25, -0.2) is 9.36 Å². The minimum Gasteiger partial charge on any atom is -0.424 e. The third-order valence-electron chi connectivity index (χ3n) is 2.06. The summed E-state index contributed by atoms with van der Waals surface area (Å²) in [6, 6.07) is 0. The highest BCUT2D eigenvalue weighted by molar-refractivity contribution is 7.48. The number of hydrogen-bond donors (Lipinski definition) is 0. The van der Waals surface area contributed by atoms with Gasteiger partial charge in [-0.3, -0.25) is 13.6 Å². The zero-order chi connectivity index (χ0) is 11.6. The largest absolute Gasteiger partial charge is 0.509 e. The van der Waals surface area contributed by atoms with Gasteiger partial charge >= 0.3 is 14.0 Å². The zero-order valence-corrected chi connectivity index (χ0v) is 9.26. The molecule has 0 aromatic rings. The van der Waals surface area contributed by atoms with Crippen molar-refractivity contribution in [2.24, 2.45) is 0 Å². The monoisotopic (exact) mass is 250 g/mol. The number of ether oxygens (including phenoxy) is 2. The molecule has 0 N–H and O–H groups in total. The number of hydrogen-bond acceptors (Lipinski definition) is 7. The topological polar surface area (TPSA) is 80.3 Å². The van der Waals surface area contributed by atoms with Gasteiger partial charge in [0.05, 0.1) is 19.8 Å². The smallest absolute Gasteiger partial charge is 0.424 e. The molecular formula is C8H11O7P. The minimum absolute atomic E-state index is 0.125. The lowest BCUT2D eigenvalue weighted by Gasteiger charge is -2.14. The van der Waals surface area contributed by atoms with Crippen LogP contribution in [0.5, 0.6) is 0 Å². The highest BCUT2D eigenvalue weighted by atomic mass is 31.2. The average Bonchev–Trinajstić information content (AvgIpc) is 2.82. The average molecular weight is 250 g/mol. The lowest BCUT2D eigenvalue weighted by molar-refractivity contribution is 0.0805. The summed E-state index contributed by atoms with van der Waals surface area (Å²) in [5, 5.41) is 0. The normalized spacial score (nSPS) is 32.1. The molecule has 0 aliphatic carbocycles. The molecule has 0 radical (unpaired) electrons. The predicted octanol–water partition coefficient (Wildman–Crippen LogP) is 1.25. The molecule has 2 unspecified atom stereocenters. The van der Waals surface area contributed by atoms with Crippen molar-refractivity contribution >= 4 is 14.0 Å². The Morgan fingerprint density at radius 3 is 2.75 bits per heavy atom. The molecule has 2 fully saturated rings. The summed E-state index contributed by atoms with van der Waals surface area (Å²) in [6.07, 6.45) is -0.680. The molecule has 0 spiro atoms. The first-order valence-corrected chi connectivity index (χ1v) is 6.12. The second-order valence-corrected chi connectivity index (χ2v) is 4.80. The number of rotatable bonds is 4. The molecule has 2 heterocycles. The molecule has 8 heteroatoms. The molecule has 16 heavy (non-hydrogen) atoms. The molecular weight excluding hydrogens is 239 g/mol. The molecule has 2 saturated heterocycles. The standard InChI is InChI=1S/C8H11O7P/c1-2-6-7(15-8(9)14-6)5-13-16(10)11-3-4-12-16/h2,6-7H,1,3-5H2. The van der Waals surface area contributed by atoms with Gasteiger partial charge in [-0.2, -0.15) is 0 Å². The van der Waals surface area contributed by atoms with Gasteiger partial charge in [0.15, 0.2) is 12.2 Å². The third kappa shape index (κ3) is 2.44. The van der Waals surface area contributed by atoms with E-state index >= 15 is 0 Å². The molecule has 2 aliphatic rings. The van der Waals surface area contributed by atoms with Crippen LogP contribution in [-0.4, -0.2) is 38.2 Å². The minimum atomic E-state index is -3.46. The highest BCUT2D eigenvalue weighted by Crippen LogP contribution is 2.52. The molecule has 0 aromatic heterocycles. The van der Waals surface area contributed by atoms with Crippen LogP contribution in [0.15, 0.2) is 12.7 Å². The van der Waals surface area contributed by atoms with Crippen LogP contribution in [0.25, 0.3) is 0 Å². The van der Waals surface area contributed by atoms with Gasteiger partial charge in [-0.1, -0.05) is 6.58 Å². The molecule has 0 amide bonds. The van der Waals surface area contributed by atoms with Crippen LogP contribution in [0.1, 0.15) is 0 Å².